The second-order valence-electron chi connectivity index (χ2n) is 4.56. The van der Waals surface area contributed by atoms with Crippen LogP contribution in [0.3, 0.4) is 0 Å². The Morgan fingerprint density at radius 1 is 1.05 bits per heavy atom. The van der Waals surface area contributed by atoms with Crippen LogP contribution in [0, 0.1) is 0 Å². The van der Waals surface area contributed by atoms with Gasteiger partial charge < -0.3 is 10.4 Å². The fourth-order valence-corrected chi connectivity index (χ4v) is 2.31. The molecule has 0 bridgehead atoms. The second kappa shape index (κ2) is 6.73. The molecule has 0 aliphatic heterocycles. The average molecular weight is 320 g/mol. The van der Waals surface area contributed by atoms with Crippen molar-refractivity contribution in [1.29, 1.82) is 0 Å². The van der Waals surface area contributed by atoms with Gasteiger partial charge in [-0.25, -0.2) is 0 Å². The van der Waals surface area contributed by atoms with Crippen LogP contribution in [0.1, 0.15) is 30.5 Å². The highest BCUT2D eigenvalue weighted by Crippen LogP contribution is 2.20. The summed E-state index contributed by atoms with van der Waals surface area (Å²) in [5.41, 5.74) is 2.47. The minimum Gasteiger partial charge on any atom is -0.508 e. The lowest BCUT2D eigenvalue weighted by molar-refractivity contribution is 0.473. The van der Waals surface area contributed by atoms with Crippen LogP contribution in [0.15, 0.2) is 53.0 Å². The van der Waals surface area contributed by atoms with Crippen molar-refractivity contribution >= 4 is 15.9 Å². The van der Waals surface area contributed by atoms with Crippen molar-refractivity contribution in [1.82, 2.24) is 5.32 Å². The Bertz CT molecular complexity index is 507. The molecule has 3 heteroatoms. The first-order valence-corrected chi connectivity index (χ1v) is 7.25. The Hall–Kier alpha value is -1.32. The van der Waals surface area contributed by atoms with Crippen molar-refractivity contribution in [3.05, 3.63) is 64.1 Å². The van der Waals surface area contributed by atoms with E-state index in [-0.39, 0.29) is 0 Å². The van der Waals surface area contributed by atoms with E-state index in [0.717, 1.165) is 17.4 Å². The number of hydrogen-bond acceptors (Lipinski definition) is 2. The molecule has 0 aliphatic rings. The second-order valence-corrected chi connectivity index (χ2v) is 5.48. The van der Waals surface area contributed by atoms with E-state index < -0.39 is 0 Å². The smallest absolute Gasteiger partial charge is 0.115 e. The number of aromatic hydroxyl groups is 1. The number of phenolic OH excluding ortho intramolecular Hbond substituents is 1. The molecule has 2 N–H and O–H groups in total. The van der Waals surface area contributed by atoms with Gasteiger partial charge in [-0.2, -0.15) is 0 Å². The van der Waals surface area contributed by atoms with Crippen molar-refractivity contribution in [2.24, 2.45) is 0 Å². The zero-order valence-corrected chi connectivity index (χ0v) is 12.5. The van der Waals surface area contributed by atoms with Gasteiger partial charge in [-0.05, 0) is 41.8 Å². The van der Waals surface area contributed by atoms with Crippen molar-refractivity contribution in [3.8, 4) is 5.75 Å². The van der Waals surface area contributed by atoms with Crippen molar-refractivity contribution < 1.29 is 5.11 Å². The predicted octanol–water partition coefficient (Wildman–Crippen LogP) is 4.40. The monoisotopic (exact) mass is 319 g/mol. The highest BCUT2D eigenvalue weighted by molar-refractivity contribution is 9.10. The average Bonchev–Trinajstić information content (AvgIpc) is 2.43. The first kappa shape index (κ1) is 14.1. The van der Waals surface area contributed by atoms with Crippen LogP contribution in [0.5, 0.6) is 5.75 Å². The fourth-order valence-electron chi connectivity index (χ4n) is 2.05. The van der Waals surface area contributed by atoms with Gasteiger partial charge in [-0.15, -0.1) is 0 Å². The number of benzene rings is 2. The SMILES string of the molecule is CCC(NCc1ccc(Br)cc1)c1ccc(O)cc1. The maximum absolute atomic E-state index is 9.32. The Morgan fingerprint density at radius 3 is 2.26 bits per heavy atom. The lowest BCUT2D eigenvalue weighted by atomic mass is 10.0. The molecule has 0 saturated heterocycles. The standard InChI is InChI=1S/C16H18BrNO/c1-2-16(13-5-9-15(19)10-6-13)18-11-12-3-7-14(17)8-4-12/h3-10,16,18-19H,2,11H2,1H3. The molecular weight excluding hydrogens is 302 g/mol. The topological polar surface area (TPSA) is 32.3 Å². The van der Waals surface area contributed by atoms with Crippen LogP contribution in [-0.2, 0) is 6.54 Å². The Labute approximate surface area is 122 Å². The lowest BCUT2D eigenvalue weighted by Crippen LogP contribution is -2.20. The molecule has 0 radical (unpaired) electrons. The summed E-state index contributed by atoms with van der Waals surface area (Å²) in [6.45, 7) is 3.00. The quantitative estimate of drug-likeness (QED) is 0.856. The van der Waals surface area contributed by atoms with Crippen LogP contribution >= 0.6 is 15.9 Å². The summed E-state index contributed by atoms with van der Waals surface area (Å²) in [6.07, 6.45) is 1.02. The van der Waals surface area contributed by atoms with Crippen LogP contribution < -0.4 is 5.32 Å². The van der Waals surface area contributed by atoms with Gasteiger partial charge in [0, 0.05) is 17.1 Å². The number of nitrogens with one attached hydrogen (secondary N) is 1. The van der Waals surface area contributed by atoms with E-state index in [9.17, 15) is 5.11 Å². The molecule has 1 atom stereocenters. The zero-order chi connectivity index (χ0) is 13.7. The van der Waals surface area contributed by atoms with Crippen LogP contribution in [0.2, 0.25) is 0 Å². The summed E-state index contributed by atoms with van der Waals surface area (Å²) in [7, 11) is 0. The van der Waals surface area contributed by atoms with Gasteiger partial charge >= 0.3 is 0 Å². The molecule has 0 aromatic heterocycles. The van der Waals surface area contributed by atoms with E-state index in [1.54, 1.807) is 12.1 Å². The third-order valence-electron chi connectivity index (χ3n) is 3.17. The molecule has 2 rings (SSSR count). The van der Waals surface area contributed by atoms with E-state index in [0.29, 0.717) is 11.8 Å². The number of hydrogen-bond donors (Lipinski definition) is 2. The van der Waals surface area contributed by atoms with Crippen LogP contribution in [0.4, 0.5) is 0 Å². The number of rotatable bonds is 5. The normalized spacial score (nSPS) is 12.3. The Kier molecular flexibility index (Phi) is 5.00. The summed E-state index contributed by atoms with van der Waals surface area (Å²) in [4.78, 5) is 0. The van der Waals surface area contributed by atoms with Crippen molar-refractivity contribution in [2.45, 2.75) is 25.9 Å². The molecule has 19 heavy (non-hydrogen) atoms. The van der Waals surface area contributed by atoms with E-state index in [4.69, 9.17) is 0 Å². The summed E-state index contributed by atoms with van der Waals surface area (Å²) >= 11 is 3.44. The molecule has 0 saturated carbocycles. The largest absolute Gasteiger partial charge is 0.508 e. The first-order chi connectivity index (χ1) is 9.19. The summed E-state index contributed by atoms with van der Waals surface area (Å²) in [5.74, 6) is 0.312. The third-order valence-corrected chi connectivity index (χ3v) is 3.70. The highest BCUT2D eigenvalue weighted by Gasteiger charge is 2.08. The van der Waals surface area contributed by atoms with Crippen molar-refractivity contribution in [2.75, 3.05) is 0 Å². The van der Waals surface area contributed by atoms with Gasteiger partial charge in [0.25, 0.3) is 0 Å². The van der Waals surface area contributed by atoms with E-state index in [1.807, 2.05) is 12.1 Å². The summed E-state index contributed by atoms with van der Waals surface area (Å²) in [5, 5.41) is 12.9. The first-order valence-electron chi connectivity index (χ1n) is 6.46. The van der Waals surface area contributed by atoms with E-state index in [1.165, 1.54) is 11.1 Å². The van der Waals surface area contributed by atoms with Gasteiger partial charge in [0.15, 0.2) is 0 Å². The van der Waals surface area contributed by atoms with Gasteiger partial charge in [-0.1, -0.05) is 47.1 Å². The zero-order valence-electron chi connectivity index (χ0n) is 10.9. The number of halogens is 1. The molecule has 2 aromatic carbocycles. The lowest BCUT2D eigenvalue weighted by Gasteiger charge is -2.17. The van der Waals surface area contributed by atoms with E-state index in [2.05, 4.69) is 52.4 Å². The molecule has 2 nitrogen and oxygen atoms in total. The minimum atomic E-state index is 0.309. The van der Waals surface area contributed by atoms with Gasteiger partial charge in [0.2, 0.25) is 0 Å². The van der Waals surface area contributed by atoms with E-state index >= 15 is 0 Å². The van der Waals surface area contributed by atoms with Crippen molar-refractivity contribution in [3.63, 3.8) is 0 Å². The highest BCUT2D eigenvalue weighted by atomic mass is 79.9. The number of phenols is 1. The Balaban J connectivity index is 1.99. The van der Waals surface area contributed by atoms with Crippen LogP contribution in [0.25, 0.3) is 0 Å². The van der Waals surface area contributed by atoms with Gasteiger partial charge in [-0.3, -0.25) is 0 Å². The molecule has 100 valence electrons. The minimum absolute atomic E-state index is 0.309. The molecule has 1 unspecified atom stereocenters. The third kappa shape index (κ3) is 4.08. The molecule has 0 spiro atoms. The molecule has 0 aliphatic carbocycles. The molecule has 0 heterocycles. The predicted molar refractivity (Wildman–Crippen MR) is 82.1 cm³/mol. The maximum Gasteiger partial charge on any atom is 0.115 e. The summed E-state index contributed by atoms with van der Waals surface area (Å²) in [6, 6.07) is 16.1. The van der Waals surface area contributed by atoms with Gasteiger partial charge in [0.05, 0.1) is 0 Å². The molecule has 0 amide bonds. The summed E-state index contributed by atoms with van der Waals surface area (Å²) < 4.78 is 1.10. The molecule has 0 fully saturated rings. The van der Waals surface area contributed by atoms with Gasteiger partial charge in [0.1, 0.15) is 5.75 Å². The molecule has 2 aromatic rings. The van der Waals surface area contributed by atoms with Crippen LogP contribution in [-0.4, -0.2) is 5.11 Å². The maximum atomic E-state index is 9.32. The Morgan fingerprint density at radius 2 is 1.68 bits per heavy atom. The molecular formula is C16H18BrNO. The fraction of sp³-hybridized carbons (Fsp3) is 0.250.